The van der Waals surface area contributed by atoms with Crippen LogP contribution in [0.15, 0.2) is 65.7 Å². The fourth-order valence-corrected chi connectivity index (χ4v) is 2.42. The maximum atomic E-state index is 12.0. The predicted molar refractivity (Wildman–Crippen MR) is 118 cm³/mol. The zero-order valence-electron chi connectivity index (χ0n) is 15.3. The van der Waals surface area contributed by atoms with E-state index in [0.29, 0.717) is 18.7 Å². The van der Waals surface area contributed by atoms with E-state index in [-0.39, 0.29) is 29.9 Å². The Morgan fingerprint density at radius 2 is 1.62 bits per heavy atom. The van der Waals surface area contributed by atoms with E-state index in [9.17, 15) is 4.79 Å². The van der Waals surface area contributed by atoms with Crippen LogP contribution in [0.1, 0.15) is 22.8 Å². The molecule has 0 saturated heterocycles. The molecule has 0 aromatic heterocycles. The molecule has 0 spiro atoms. The van der Waals surface area contributed by atoms with Crippen LogP contribution >= 0.6 is 24.0 Å². The van der Waals surface area contributed by atoms with E-state index in [2.05, 4.69) is 32.7 Å². The summed E-state index contributed by atoms with van der Waals surface area (Å²) in [6, 6.07) is 19.5. The van der Waals surface area contributed by atoms with Crippen LogP contribution in [-0.2, 0) is 6.54 Å². The molecule has 26 heavy (non-hydrogen) atoms. The van der Waals surface area contributed by atoms with E-state index in [1.165, 1.54) is 5.56 Å². The van der Waals surface area contributed by atoms with Crippen LogP contribution in [0.4, 0.5) is 0 Å². The minimum Gasteiger partial charge on any atom is -0.357 e. The lowest BCUT2D eigenvalue weighted by molar-refractivity contribution is 0.0955. The number of guanidine groups is 1. The fourth-order valence-electron chi connectivity index (χ4n) is 2.42. The summed E-state index contributed by atoms with van der Waals surface area (Å²) in [7, 11) is 2.01. The number of nitrogens with one attached hydrogen (secondary N) is 2. The summed E-state index contributed by atoms with van der Waals surface area (Å²) >= 11 is 0. The molecule has 1 amide bonds. The fraction of sp³-hybridized carbons (Fsp3) is 0.300. The summed E-state index contributed by atoms with van der Waals surface area (Å²) in [5, 5.41) is 6.18. The Balaban J connectivity index is 0.00000338. The van der Waals surface area contributed by atoms with E-state index < -0.39 is 0 Å². The summed E-state index contributed by atoms with van der Waals surface area (Å²) < 4.78 is 0. The Labute approximate surface area is 172 Å². The predicted octanol–water partition coefficient (Wildman–Crippen LogP) is 3.13. The van der Waals surface area contributed by atoms with Crippen molar-refractivity contribution in [2.45, 2.75) is 13.5 Å². The van der Waals surface area contributed by atoms with Gasteiger partial charge in [0, 0.05) is 32.2 Å². The van der Waals surface area contributed by atoms with E-state index in [1.54, 1.807) is 12.1 Å². The number of hydrogen-bond acceptors (Lipinski definition) is 2. The van der Waals surface area contributed by atoms with Crippen molar-refractivity contribution in [1.29, 1.82) is 0 Å². The number of rotatable bonds is 7. The quantitative estimate of drug-likeness (QED) is 0.286. The summed E-state index contributed by atoms with van der Waals surface area (Å²) in [6.07, 6.45) is 0. The van der Waals surface area contributed by atoms with Gasteiger partial charge in [0.15, 0.2) is 5.96 Å². The molecule has 140 valence electrons. The summed E-state index contributed by atoms with van der Waals surface area (Å²) in [5.41, 5.74) is 1.90. The van der Waals surface area contributed by atoms with Crippen molar-refractivity contribution in [2.24, 2.45) is 4.99 Å². The Morgan fingerprint density at radius 3 is 2.23 bits per heavy atom. The second-order valence-electron chi connectivity index (χ2n) is 5.70. The van der Waals surface area contributed by atoms with Crippen molar-refractivity contribution in [1.82, 2.24) is 15.5 Å². The highest BCUT2D eigenvalue weighted by Crippen LogP contribution is 2.03. The molecule has 2 N–H and O–H groups in total. The molecule has 0 aliphatic heterocycles. The van der Waals surface area contributed by atoms with Crippen molar-refractivity contribution < 1.29 is 4.79 Å². The first-order chi connectivity index (χ1) is 12.2. The van der Waals surface area contributed by atoms with Gasteiger partial charge in [0.2, 0.25) is 0 Å². The molecule has 0 aliphatic rings. The third-order valence-corrected chi connectivity index (χ3v) is 3.65. The van der Waals surface area contributed by atoms with Gasteiger partial charge in [-0.3, -0.25) is 9.79 Å². The van der Waals surface area contributed by atoms with Crippen LogP contribution in [-0.4, -0.2) is 43.4 Å². The minimum absolute atomic E-state index is 0. The molecule has 2 rings (SSSR count). The van der Waals surface area contributed by atoms with Crippen LogP contribution in [0, 0.1) is 0 Å². The number of nitrogens with zero attached hydrogens (tertiary/aromatic N) is 2. The van der Waals surface area contributed by atoms with Gasteiger partial charge in [0.05, 0.1) is 6.54 Å². The molecule has 5 nitrogen and oxygen atoms in total. The Hall–Kier alpha value is -2.09. The second kappa shape index (κ2) is 12.3. The first kappa shape index (κ1) is 22.0. The molecule has 0 bridgehead atoms. The van der Waals surface area contributed by atoms with Gasteiger partial charge in [0.1, 0.15) is 0 Å². The minimum atomic E-state index is -0.0709. The smallest absolute Gasteiger partial charge is 0.251 e. The van der Waals surface area contributed by atoms with Crippen molar-refractivity contribution in [2.75, 3.05) is 26.7 Å². The SMILES string of the molecule is CCNC(=NCCNC(=O)c1ccccc1)N(C)Cc1ccccc1.I. The van der Waals surface area contributed by atoms with Gasteiger partial charge in [-0.25, -0.2) is 0 Å². The Kier molecular flexibility index (Phi) is 10.4. The molecule has 0 atom stereocenters. The number of aliphatic imine (C=N–C) groups is 1. The average Bonchev–Trinajstić information content (AvgIpc) is 2.65. The van der Waals surface area contributed by atoms with Crippen LogP contribution in [0.3, 0.4) is 0 Å². The number of carbonyl (C=O) groups is 1. The summed E-state index contributed by atoms with van der Waals surface area (Å²) in [6.45, 7) is 4.66. The number of amides is 1. The molecule has 0 radical (unpaired) electrons. The van der Waals surface area contributed by atoms with Crippen LogP contribution < -0.4 is 10.6 Å². The standard InChI is InChI=1S/C20H26N4O.HI/c1-3-21-20(24(2)16-17-10-6-4-7-11-17)23-15-14-22-19(25)18-12-8-5-9-13-18;/h4-13H,3,14-16H2,1-2H3,(H,21,23)(H,22,25);1H. The van der Waals surface area contributed by atoms with Crippen molar-refractivity contribution in [3.8, 4) is 0 Å². The van der Waals surface area contributed by atoms with Crippen molar-refractivity contribution in [3.05, 3.63) is 71.8 Å². The van der Waals surface area contributed by atoms with Crippen LogP contribution in [0.25, 0.3) is 0 Å². The molecule has 0 aliphatic carbocycles. The molecule has 2 aromatic rings. The van der Waals surface area contributed by atoms with Gasteiger partial charge < -0.3 is 15.5 Å². The molecule has 0 fully saturated rings. The molecule has 0 heterocycles. The lowest BCUT2D eigenvalue weighted by Gasteiger charge is -2.22. The monoisotopic (exact) mass is 466 g/mol. The first-order valence-electron chi connectivity index (χ1n) is 8.57. The molecule has 2 aromatic carbocycles. The second-order valence-corrected chi connectivity index (χ2v) is 5.70. The molecule has 0 unspecified atom stereocenters. The van der Waals surface area contributed by atoms with E-state index in [1.807, 2.05) is 50.4 Å². The van der Waals surface area contributed by atoms with Gasteiger partial charge in [-0.2, -0.15) is 0 Å². The van der Waals surface area contributed by atoms with Gasteiger partial charge in [-0.15, -0.1) is 24.0 Å². The van der Waals surface area contributed by atoms with Gasteiger partial charge in [-0.1, -0.05) is 48.5 Å². The lowest BCUT2D eigenvalue weighted by Crippen LogP contribution is -2.39. The molecule has 6 heteroatoms. The van der Waals surface area contributed by atoms with Gasteiger partial charge >= 0.3 is 0 Å². The number of benzene rings is 2. The molecular formula is C20H27IN4O. The third kappa shape index (κ3) is 7.43. The molecule has 0 saturated carbocycles. The summed E-state index contributed by atoms with van der Waals surface area (Å²) in [4.78, 5) is 18.7. The number of halogens is 1. The summed E-state index contributed by atoms with van der Waals surface area (Å²) in [5.74, 6) is 0.763. The van der Waals surface area contributed by atoms with E-state index in [0.717, 1.165) is 19.0 Å². The lowest BCUT2D eigenvalue weighted by atomic mass is 10.2. The third-order valence-electron chi connectivity index (χ3n) is 3.65. The zero-order valence-corrected chi connectivity index (χ0v) is 17.6. The van der Waals surface area contributed by atoms with Crippen LogP contribution in [0.5, 0.6) is 0 Å². The Morgan fingerprint density at radius 1 is 1.00 bits per heavy atom. The van der Waals surface area contributed by atoms with Crippen molar-refractivity contribution in [3.63, 3.8) is 0 Å². The van der Waals surface area contributed by atoms with Crippen LogP contribution in [0.2, 0.25) is 0 Å². The largest absolute Gasteiger partial charge is 0.357 e. The highest BCUT2D eigenvalue weighted by molar-refractivity contribution is 14.0. The highest BCUT2D eigenvalue weighted by atomic mass is 127. The first-order valence-corrected chi connectivity index (χ1v) is 8.57. The average molecular weight is 466 g/mol. The number of hydrogen-bond donors (Lipinski definition) is 2. The topological polar surface area (TPSA) is 56.7 Å². The van der Waals surface area contributed by atoms with Gasteiger partial charge in [-0.05, 0) is 24.6 Å². The number of carbonyl (C=O) groups excluding carboxylic acids is 1. The maximum Gasteiger partial charge on any atom is 0.251 e. The zero-order chi connectivity index (χ0) is 17.9. The highest BCUT2D eigenvalue weighted by Gasteiger charge is 2.07. The van der Waals surface area contributed by atoms with Gasteiger partial charge in [0.25, 0.3) is 5.91 Å². The molecular weight excluding hydrogens is 439 g/mol. The normalized spacial score (nSPS) is 10.6. The Bertz CT molecular complexity index is 677. The van der Waals surface area contributed by atoms with E-state index >= 15 is 0 Å². The van der Waals surface area contributed by atoms with Crippen molar-refractivity contribution >= 4 is 35.8 Å². The van der Waals surface area contributed by atoms with E-state index in [4.69, 9.17) is 0 Å². The maximum absolute atomic E-state index is 12.0.